The molecule has 0 radical (unpaired) electrons. The number of aromatic nitrogens is 2. The van der Waals surface area contributed by atoms with Crippen molar-refractivity contribution in [2.45, 2.75) is 58.5 Å². The number of esters is 1. The summed E-state index contributed by atoms with van der Waals surface area (Å²) in [7, 11) is 1.58. The first kappa shape index (κ1) is 23.0. The highest BCUT2D eigenvalue weighted by atomic mass is 16.6. The van der Waals surface area contributed by atoms with E-state index in [0.29, 0.717) is 40.3 Å². The van der Waals surface area contributed by atoms with E-state index in [9.17, 15) is 14.7 Å². The summed E-state index contributed by atoms with van der Waals surface area (Å²) in [6, 6.07) is 7.36. The van der Waals surface area contributed by atoms with E-state index in [1.165, 1.54) is 0 Å². The van der Waals surface area contributed by atoms with Gasteiger partial charge in [0.15, 0.2) is 5.60 Å². The topological polar surface area (TPSA) is 112 Å². The molecule has 0 amide bonds. The van der Waals surface area contributed by atoms with Gasteiger partial charge in [-0.05, 0) is 51.5 Å². The summed E-state index contributed by atoms with van der Waals surface area (Å²) >= 11 is 0. The Morgan fingerprint density at radius 3 is 2.74 bits per heavy atom. The van der Waals surface area contributed by atoms with Gasteiger partial charge in [-0.25, -0.2) is 9.78 Å². The van der Waals surface area contributed by atoms with Gasteiger partial charge < -0.3 is 24.0 Å². The Kier molecular flexibility index (Phi) is 5.21. The van der Waals surface area contributed by atoms with E-state index in [0.717, 1.165) is 16.5 Å². The predicted molar refractivity (Wildman–Crippen MR) is 130 cm³/mol. The van der Waals surface area contributed by atoms with Gasteiger partial charge in [-0.3, -0.25) is 4.79 Å². The molecule has 1 atom stereocenters. The number of nitrogens with zero attached hydrogens (tertiary/aromatic N) is 3. The van der Waals surface area contributed by atoms with Gasteiger partial charge in [-0.15, -0.1) is 0 Å². The maximum atomic E-state index is 13.3. The van der Waals surface area contributed by atoms with Crippen molar-refractivity contribution < 1.29 is 24.2 Å². The number of oxime groups is 1. The predicted octanol–water partition coefficient (Wildman–Crippen LogP) is 3.24. The number of rotatable bonds is 4. The van der Waals surface area contributed by atoms with E-state index in [-0.39, 0.29) is 18.6 Å². The Labute approximate surface area is 201 Å². The molecule has 0 aliphatic carbocycles. The van der Waals surface area contributed by atoms with Gasteiger partial charge in [0.05, 0.1) is 42.3 Å². The molecule has 0 fully saturated rings. The van der Waals surface area contributed by atoms with E-state index >= 15 is 0 Å². The molecular formula is C26H27N3O6. The lowest BCUT2D eigenvalue weighted by Gasteiger charge is -2.31. The average molecular weight is 478 g/mol. The van der Waals surface area contributed by atoms with Gasteiger partial charge in [-0.1, -0.05) is 12.1 Å². The Bertz CT molecular complexity index is 1470. The summed E-state index contributed by atoms with van der Waals surface area (Å²) in [5.41, 5.74) is 1.48. The molecule has 0 saturated carbocycles. The van der Waals surface area contributed by atoms with E-state index in [1.54, 1.807) is 30.9 Å². The number of carbonyl (C=O) groups excluding carboxylic acids is 1. The fourth-order valence-corrected chi connectivity index (χ4v) is 4.61. The van der Waals surface area contributed by atoms with Crippen LogP contribution in [0.5, 0.6) is 5.75 Å². The minimum atomic E-state index is -1.85. The molecule has 0 spiro atoms. The summed E-state index contributed by atoms with van der Waals surface area (Å²) in [6.07, 6.45) is 1.70. The highest BCUT2D eigenvalue weighted by Crippen LogP contribution is 2.40. The molecule has 35 heavy (non-hydrogen) atoms. The van der Waals surface area contributed by atoms with E-state index < -0.39 is 17.2 Å². The van der Waals surface area contributed by atoms with Crippen molar-refractivity contribution in [3.8, 4) is 17.1 Å². The van der Waals surface area contributed by atoms with Crippen molar-refractivity contribution in [1.82, 2.24) is 9.55 Å². The SMILES string of the molecule is CC[C@@]1(O)C(=O)OCc2c1cc1n(c2=O)Cc2cc3c(OC)c(/C=N/OC(C)(C)C)ccc3nc2-1. The van der Waals surface area contributed by atoms with Crippen LogP contribution in [-0.4, -0.2) is 39.6 Å². The number of pyridine rings is 2. The van der Waals surface area contributed by atoms with Crippen molar-refractivity contribution in [1.29, 1.82) is 0 Å². The quantitative estimate of drug-likeness (QED) is 0.273. The fraction of sp³-hybridized carbons (Fsp3) is 0.385. The molecule has 4 heterocycles. The fourth-order valence-electron chi connectivity index (χ4n) is 4.61. The standard InChI is InChI=1S/C26H27N3O6/c1-6-26(32)18-10-20-21-15(12-29(20)23(30)17(18)13-34-24(26)31)9-16-19(28-21)8-7-14(22(16)33-5)11-27-35-25(2,3)4/h7-11,32H,6,12-13H2,1-5H3/b27-11+/t26-/m0/s1. The Balaban J connectivity index is 1.65. The van der Waals surface area contributed by atoms with Crippen LogP contribution in [-0.2, 0) is 33.1 Å². The van der Waals surface area contributed by atoms with Crippen molar-refractivity contribution in [3.63, 3.8) is 0 Å². The molecule has 1 N–H and O–H groups in total. The largest absolute Gasteiger partial charge is 0.495 e. The number of cyclic esters (lactones) is 1. The van der Waals surface area contributed by atoms with Crippen LogP contribution in [0.25, 0.3) is 22.3 Å². The lowest BCUT2D eigenvalue weighted by molar-refractivity contribution is -0.172. The van der Waals surface area contributed by atoms with Crippen LogP contribution in [0.4, 0.5) is 0 Å². The third kappa shape index (κ3) is 3.58. The maximum Gasteiger partial charge on any atom is 0.343 e. The van der Waals surface area contributed by atoms with Crippen LogP contribution in [0.1, 0.15) is 56.4 Å². The molecule has 0 bridgehead atoms. The number of ether oxygens (including phenoxy) is 2. The average Bonchev–Trinajstić information content (AvgIpc) is 3.17. The molecule has 9 nitrogen and oxygen atoms in total. The highest BCUT2D eigenvalue weighted by molar-refractivity contribution is 5.97. The molecule has 2 aromatic heterocycles. The monoisotopic (exact) mass is 477 g/mol. The van der Waals surface area contributed by atoms with Crippen LogP contribution in [0.2, 0.25) is 0 Å². The summed E-state index contributed by atoms with van der Waals surface area (Å²) < 4.78 is 12.4. The number of carbonyl (C=O) groups is 1. The van der Waals surface area contributed by atoms with Crippen LogP contribution in [0.3, 0.4) is 0 Å². The minimum absolute atomic E-state index is 0.0974. The number of benzene rings is 1. The summed E-state index contributed by atoms with van der Waals surface area (Å²) in [6.45, 7) is 7.57. The van der Waals surface area contributed by atoms with Gasteiger partial charge in [-0.2, -0.15) is 0 Å². The Hall–Kier alpha value is -3.72. The van der Waals surface area contributed by atoms with Crippen molar-refractivity contribution in [3.05, 3.63) is 56.9 Å². The first-order valence-corrected chi connectivity index (χ1v) is 11.5. The lowest BCUT2D eigenvalue weighted by atomic mass is 9.86. The number of fused-ring (bicyclic) bond motifs is 5. The lowest BCUT2D eigenvalue weighted by Crippen LogP contribution is -2.44. The summed E-state index contributed by atoms with van der Waals surface area (Å²) in [5, 5.41) is 15.9. The van der Waals surface area contributed by atoms with E-state index in [4.69, 9.17) is 19.3 Å². The van der Waals surface area contributed by atoms with Gasteiger partial charge in [0.1, 0.15) is 18.0 Å². The molecule has 182 valence electrons. The maximum absolute atomic E-state index is 13.3. The first-order valence-electron chi connectivity index (χ1n) is 11.5. The van der Waals surface area contributed by atoms with Gasteiger partial charge in [0.25, 0.3) is 5.56 Å². The summed E-state index contributed by atoms with van der Waals surface area (Å²) in [5.74, 6) is -0.142. The van der Waals surface area contributed by atoms with Gasteiger partial charge in [0, 0.05) is 22.1 Å². The van der Waals surface area contributed by atoms with Crippen molar-refractivity contribution in [2.24, 2.45) is 5.16 Å². The van der Waals surface area contributed by atoms with Crippen molar-refractivity contribution >= 4 is 23.1 Å². The molecule has 0 saturated heterocycles. The van der Waals surface area contributed by atoms with Crippen LogP contribution >= 0.6 is 0 Å². The van der Waals surface area contributed by atoms with Crippen LogP contribution in [0, 0.1) is 0 Å². The normalized spacial score (nSPS) is 18.9. The van der Waals surface area contributed by atoms with Crippen LogP contribution in [0.15, 0.2) is 34.2 Å². The second kappa shape index (κ2) is 7.91. The number of hydrogen-bond acceptors (Lipinski definition) is 8. The number of aliphatic hydroxyl groups is 1. The van der Waals surface area contributed by atoms with E-state index in [2.05, 4.69) is 5.16 Å². The second-order valence-corrected chi connectivity index (χ2v) is 9.79. The molecule has 9 heteroatoms. The Morgan fingerprint density at radius 2 is 2.06 bits per heavy atom. The van der Waals surface area contributed by atoms with Crippen LogP contribution < -0.4 is 10.3 Å². The van der Waals surface area contributed by atoms with Crippen molar-refractivity contribution in [2.75, 3.05) is 7.11 Å². The third-order valence-electron chi connectivity index (χ3n) is 6.39. The molecule has 5 rings (SSSR count). The highest BCUT2D eigenvalue weighted by Gasteiger charge is 2.45. The molecule has 1 aromatic carbocycles. The number of hydrogen-bond donors (Lipinski definition) is 1. The third-order valence-corrected chi connectivity index (χ3v) is 6.39. The smallest absolute Gasteiger partial charge is 0.343 e. The molecule has 0 unspecified atom stereocenters. The molecule has 2 aliphatic heterocycles. The summed E-state index contributed by atoms with van der Waals surface area (Å²) in [4.78, 5) is 36.0. The number of methoxy groups -OCH3 is 1. The second-order valence-electron chi connectivity index (χ2n) is 9.79. The zero-order valence-corrected chi connectivity index (χ0v) is 20.3. The zero-order valence-electron chi connectivity index (χ0n) is 20.3. The zero-order chi connectivity index (χ0) is 25.1. The molecule has 3 aromatic rings. The first-order chi connectivity index (χ1) is 16.6. The minimum Gasteiger partial charge on any atom is -0.495 e. The molecule has 2 aliphatic rings. The molecular weight excluding hydrogens is 450 g/mol. The van der Waals surface area contributed by atoms with Gasteiger partial charge in [0.2, 0.25) is 0 Å². The van der Waals surface area contributed by atoms with E-state index in [1.807, 2.05) is 39.0 Å². The van der Waals surface area contributed by atoms with Gasteiger partial charge >= 0.3 is 5.97 Å². The Morgan fingerprint density at radius 1 is 1.29 bits per heavy atom.